The number of carbonyl (C=O) groups excluding carboxylic acids is 3. The second-order valence-electron chi connectivity index (χ2n) is 5.98. The van der Waals surface area contributed by atoms with Crippen LogP contribution >= 0.6 is 11.8 Å². The molecule has 0 unspecified atom stereocenters. The van der Waals surface area contributed by atoms with Crippen molar-refractivity contribution in [2.75, 3.05) is 18.7 Å². The lowest BCUT2D eigenvalue weighted by atomic mass is 10.2. The van der Waals surface area contributed by atoms with Gasteiger partial charge in [-0.2, -0.15) is 0 Å². The van der Waals surface area contributed by atoms with Gasteiger partial charge < -0.3 is 19.9 Å². The number of rotatable bonds is 4. The van der Waals surface area contributed by atoms with E-state index >= 15 is 0 Å². The Hall–Kier alpha value is -3.46. The number of amides is 3. The quantitative estimate of drug-likeness (QED) is 0.763. The molecule has 0 spiro atoms. The lowest BCUT2D eigenvalue weighted by Gasteiger charge is -2.12. The molecule has 0 atom stereocenters. The zero-order valence-electron chi connectivity index (χ0n) is 14.4. The predicted octanol–water partition coefficient (Wildman–Crippen LogP) is 2.80. The number of thioether (sulfide) groups is 1. The van der Waals surface area contributed by atoms with Gasteiger partial charge in [-0.25, -0.2) is 0 Å². The molecule has 0 radical (unpaired) electrons. The number of fused-ring (bicyclic) bond motifs is 1. The number of aromatic hydroxyl groups is 1. The van der Waals surface area contributed by atoms with Crippen molar-refractivity contribution in [2.45, 2.75) is 0 Å². The highest BCUT2D eigenvalue weighted by Gasteiger charge is 2.36. The van der Waals surface area contributed by atoms with Crippen LogP contribution in [0.5, 0.6) is 17.2 Å². The van der Waals surface area contributed by atoms with Gasteiger partial charge in [0.15, 0.2) is 11.5 Å². The number of ether oxygens (including phenoxy) is 2. The molecule has 28 heavy (non-hydrogen) atoms. The fraction of sp³-hybridized carbons (Fsp3) is 0.105. The summed E-state index contributed by atoms with van der Waals surface area (Å²) < 4.78 is 10.5. The molecule has 0 saturated carbocycles. The number of anilines is 1. The monoisotopic (exact) mass is 398 g/mol. The summed E-state index contributed by atoms with van der Waals surface area (Å²) >= 11 is 0.765. The lowest BCUT2D eigenvalue weighted by Crippen LogP contribution is -2.36. The van der Waals surface area contributed by atoms with E-state index in [9.17, 15) is 19.5 Å². The number of phenolic OH excluding ortho intramolecular Hbond substituents is 1. The van der Waals surface area contributed by atoms with Crippen LogP contribution in [0, 0.1) is 0 Å². The fourth-order valence-corrected chi connectivity index (χ4v) is 3.51. The van der Waals surface area contributed by atoms with E-state index in [1.54, 1.807) is 36.4 Å². The van der Waals surface area contributed by atoms with Crippen LogP contribution in [-0.4, -0.2) is 40.4 Å². The Labute approximate surface area is 163 Å². The van der Waals surface area contributed by atoms with Gasteiger partial charge in [0, 0.05) is 11.8 Å². The number of nitrogens with zero attached hydrogens (tertiary/aromatic N) is 1. The summed E-state index contributed by atoms with van der Waals surface area (Å²) in [6.45, 7) is -0.275. The number of phenols is 1. The molecule has 1 fully saturated rings. The van der Waals surface area contributed by atoms with Gasteiger partial charge in [-0.3, -0.25) is 19.3 Å². The molecule has 9 heteroatoms. The fourth-order valence-electron chi connectivity index (χ4n) is 2.68. The first-order valence-corrected chi connectivity index (χ1v) is 9.05. The van der Waals surface area contributed by atoms with Gasteiger partial charge in [0.25, 0.3) is 11.1 Å². The summed E-state index contributed by atoms with van der Waals surface area (Å²) in [6.07, 6.45) is 1.54. The molecule has 2 aliphatic rings. The van der Waals surface area contributed by atoms with E-state index in [0.29, 0.717) is 22.7 Å². The second-order valence-corrected chi connectivity index (χ2v) is 6.97. The zero-order chi connectivity index (χ0) is 19.7. The Morgan fingerprint density at radius 3 is 2.68 bits per heavy atom. The average Bonchev–Trinajstić information content (AvgIpc) is 3.23. The van der Waals surface area contributed by atoms with E-state index in [4.69, 9.17) is 9.47 Å². The molecule has 2 heterocycles. The van der Waals surface area contributed by atoms with Gasteiger partial charge in [0.1, 0.15) is 12.3 Å². The van der Waals surface area contributed by atoms with Crippen LogP contribution in [0.25, 0.3) is 6.08 Å². The predicted molar refractivity (Wildman–Crippen MR) is 102 cm³/mol. The van der Waals surface area contributed by atoms with Crippen molar-refractivity contribution in [2.24, 2.45) is 0 Å². The van der Waals surface area contributed by atoms with Crippen molar-refractivity contribution >= 4 is 40.6 Å². The molecule has 1 saturated heterocycles. The maximum atomic E-state index is 12.5. The third kappa shape index (κ3) is 3.65. The molecule has 142 valence electrons. The summed E-state index contributed by atoms with van der Waals surface area (Å²) in [5, 5.41) is 11.4. The van der Waals surface area contributed by atoms with Gasteiger partial charge in [-0.05, 0) is 47.7 Å². The molecule has 0 aromatic heterocycles. The molecule has 0 aliphatic carbocycles. The molecule has 0 bridgehead atoms. The van der Waals surface area contributed by atoms with Crippen molar-refractivity contribution < 1.29 is 29.0 Å². The van der Waals surface area contributed by atoms with Crippen molar-refractivity contribution in [3.8, 4) is 17.2 Å². The first kappa shape index (κ1) is 17.9. The lowest BCUT2D eigenvalue weighted by molar-refractivity contribution is -0.127. The SMILES string of the molecule is O=C(CN1C(=O)S/C(=C\c2ccc(O)cc2)C1=O)Nc1ccc2c(c1)OCO2. The maximum Gasteiger partial charge on any atom is 0.294 e. The minimum absolute atomic E-state index is 0.102. The summed E-state index contributed by atoms with van der Waals surface area (Å²) in [7, 11) is 0. The van der Waals surface area contributed by atoms with Crippen LogP contribution in [0.1, 0.15) is 5.56 Å². The molecule has 3 amide bonds. The highest BCUT2D eigenvalue weighted by molar-refractivity contribution is 8.18. The number of benzene rings is 2. The van der Waals surface area contributed by atoms with E-state index in [1.165, 1.54) is 12.1 Å². The number of imide groups is 1. The molecule has 2 N–H and O–H groups in total. The van der Waals surface area contributed by atoms with Crippen LogP contribution in [0.15, 0.2) is 47.4 Å². The minimum Gasteiger partial charge on any atom is -0.508 e. The summed E-state index contributed by atoms with van der Waals surface area (Å²) in [5.41, 5.74) is 1.13. The molecule has 8 nitrogen and oxygen atoms in total. The number of hydrogen-bond acceptors (Lipinski definition) is 7. The largest absolute Gasteiger partial charge is 0.508 e. The number of carbonyl (C=O) groups is 3. The van der Waals surface area contributed by atoms with E-state index in [1.807, 2.05) is 0 Å². The molecule has 4 rings (SSSR count). The molecule has 2 aromatic rings. The standard InChI is InChI=1S/C19H14N2O6S/c22-13-4-1-11(2-5-13)7-16-18(24)21(19(25)28-16)9-17(23)20-12-3-6-14-15(8-12)27-10-26-14/h1-8,22H,9-10H2,(H,20,23)/b16-7-. The van der Waals surface area contributed by atoms with Crippen molar-refractivity contribution in [1.29, 1.82) is 0 Å². The summed E-state index contributed by atoms with van der Waals surface area (Å²) in [6, 6.07) is 11.1. The van der Waals surface area contributed by atoms with E-state index < -0.39 is 23.6 Å². The zero-order valence-corrected chi connectivity index (χ0v) is 15.2. The highest BCUT2D eigenvalue weighted by atomic mass is 32.2. The first-order valence-electron chi connectivity index (χ1n) is 8.23. The second kappa shape index (κ2) is 7.28. The van der Waals surface area contributed by atoms with Crippen LogP contribution < -0.4 is 14.8 Å². The average molecular weight is 398 g/mol. The van der Waals surface area contributed by atoms with E-state index in [0.717, 1.165) is 16.7 Å². The third-order valence-corrected chi connectivity index (χ3v) is 4.93. The third-order valence-electron chi connectivity index (χ3n) is 4.02. The summed E-state index contributed by atoms with van der Waals surface area (Å²) in [4.78, 5) is 38.0. The van der Waals surface area contributed by atoms with Crippen LogP contribution in [-0.2, 0) is 9.59 Å². The van der Waals surface area contributed by atoms with E-state index in [2.05, 4.69) is 5.32 Å². The molecular formula is C19H14N2O6S. The molecule has 2 aromatic carbocycles. The van der Waals surface area contributed by atoms with Crippen LogP contribution in [0.2, 0.25) is 0 Å². The van der Waals surface area contributed by atoms with Crippen LogP contribution in [0.4, 0.5) is 10.5 Å². The van der Waals surface area contributed by atoms with Gasteiger partial charge >= 0.3 is 0 Å². The van der Waals surface area contributed by atoms with Gasteiger partial charge in [-0.15, -0.1) is 0 Å². The Balaban J connectivity index is 1.42. The summed E-state index contributed by atoms with van der Waals surface area (Å²) in [5.74, 6) is 0.158. The van der Waals surface area contributed by atoms with Gasteiger partial charge in [0.2, 0.25) is 12.7 Å². The normalized spacial score (nSPS) is 16.7. The minimum atomic E-state index is -0.538. The number of nitrogens with one attached hydrogen (secondary N) is 1. The van der Waals surface area contributed by atoms with Crippen molar-refractivity contribution in [3.05, 3.63) is 52.9 Å². The van der Waals surface area contributed by atoms with Crippen molar-refractivity contribution in [3.63, 3.8) is 0 Å². The molecule has 2 aliphatic heterocycles. The van der Waals surface area contributed by atoms with Gasteiger partial charge in [-0.1, -0.05) is 12.1 Å². The molecular weight excluding hydrogens is 384 g/mol. The smallest absolute Gasteiger partial charge is 0.294 e. The van der Waals surface area contributed by atoms with Gasteiger partial charge in [0.05, 0.1) is 4.91 Å². The first-order chi connectivity index (χ1) is 13.5. The van der Waals surface area contributed by atoms with Crippen molar-refractivity contribution in [1.82, 2.24) is 4.90 Å². The highest BCUT2D eigenvalue weighted by Crippen LogP contribution is 2.35. The Kier molecular flexibility index (Phi) is 4.66. The number of hydrogen-bond donors (Lipinski definition) is 2. The maximum absolute atomic E-state index is 12.5. The van der Waals surface area contributed by atoms with E-state index in [-0.39, 0.29) is 17.4 Å². The topological polar surface area (TPSA) is 105 Å². The Bertz CT molecular complexity index is 1000. The Morgan fingerprint density at radius 1 is 1.14 bits per heavy atom. The Morgan fingerprint density at radius 2 is 1.89 bits per heavy atom. The van der Waals surface area contributed by atoms with Crippen LogP contribution in [0.3, 0.4) is 0 Å².